The quantitative estimate of drug-likeness (QED) is 0.908. The number of sulfonamides is 1. The predicted octanol–water partition coefficient (Wildman–Crippen LogP) is 4.09. The number of nitrogens with one attached hydrogen (secondary N) is 1. The van der Waals surface area contributed by atoms with Gasteiger partial charge in [0.25, 0.3) is 0 Å². The minimum atomic E-state index is -3.59. The third kappa shape index (κ3) is 3.98. The molecule has 1 N–H and O–H groups in total. The third-order valence-corrected chi connectivity index (χ3v) is 5.29. The van der Waals surface area contributed by atoms with E-state index in [0.29, 0.717) is 15.6 Å². The average molecular weight is 344 g/mol. The van der Waals surface area contributed by atoms with Crippen molar-refractivity contribution in [2.75, 3.05) is 0 Å². The largest absolute Gasteiger partial charge is 0.241 e. The zero-order chi connectivity index (χ0) is 15.6. The fourth-order valence-electron chi connectivity index (χ4n) is 1.95. The van der Waals surface area contributed by atoms with E-state index in [0.717, 1.165) is 11.1 Å². The maximum atomic E-state index is 12.4. The highest BCUT2D eigenvalue weighted by molar-refractivity contribution is 7.89. The molecule has 0 aliphatic heterocycles. The van der Waals surface area contributed by atoms with Crippen LogP contribution >= 0.6 is 23.2 Å². The molecule has 0 saturated carbocycles. The minimum Gasteiger partial charge on any atom is -0.207 e. The molecule has 0 heterocycles. The van der Waals surface area contributed by atoms with Gasteiger partial charge in [-0.25, -0.2) is 13.1 Å². The van der Waals surface area contributed by atoms with Crippen molar-refractivity contribution in [3.63, 3.8) is 0 Å². The summed E-state index contributed by atoms with van der Waals surface area (Å²) in [6.07, 6.45) is 0. The zero-order valence-electron chi connectivity index (χ0n) is 11.7. The summed E-state index contributed by atoms with van der Waals surface area (Å²) in [4.78, 5) is 0.242. The molecule has 6 heteroatoms. The molecule has 2 aromatic rings. The molecule has 0 fully saturated rings. The molecule has 21 heavy (non-hydrogen) atoms. The molecule has 112 valence electrons. The highest BCUT2D eigenvalue weighted by atomic mass is 35.5. The number of aryl methyl sites for hydroxylation is 2. The van der Waals surface area contributed by atoms with Gasteiger partial charge in [-0.05, 0) is 54.8 Å². The van der Waals surface area contributed by atoms with Crippen molar-refractivity contribution in [2.45, 2.75) is 25.3 Å². The molecule has 0 aliphatic carbocycles. The van der Waals surface area contributed by atoms with Crippen LogP contribution in [-0.2, 0) is 16.6 Å². The molecule has 0 aromatic heterocycles. The molecule has 0 saturated heterocycles. The lowest BCUT2D eigenvalue weighted by Gasteiger charge is -2.11. The fourth-order valence-corrected chi connectivity index (χ4v) is 3.71. The highest BCUT2D eigenvalue weighted by Crippen LogP contribution is 2.24. The second-order valence-corrected chi connectivity index (χ2v) is 7.40. The molecule has 0 spiro atoms. The van der Waals surface area contributed by atoms with Crippen LogP contribution in [0.5, 0.6) is 0 Å². The topological polar surface area (TPSA) is 46.2 Å². The summed E-state index contributed by atoms with van der Waals surface area (Å²) in [5.41, 5.74) is 2.14. The zero-order valence-corrected chi connectivity index (χ0v) is 14.0. The van der Waals surface area contributed by atoms with Crippen LogP contribution in [0.4, 0.5) is 0 Å². The van der Waals surface area contributed by atoms with E-state index in [1.807, 2.05) is 6.07 Å². The van der Waals surface area contributed by atoms with Gasteiger partial charge in [-0.1, -0.05) is 35.3 Å². The number of hydrogen-bond acceptors (Lipinski definition) is 2. The van der Waals surface area contributed by atoms with Crippen LogP contribution in [0.25, 0.3) is 0 Å². The minimum absolute atomic E-state index is 0.185. The van der Waals surface area contributed by atoms with Crippen molar-refractivity contribution in [2.24, 2.45) is 0 Å². The summed E-state index contributed by atoms with van der Waals surface area (Å²) in [5.74, 6) is 0. The van der Waals surface area contributed by atoms with Crippen molar-refractivity contribution in [1.82, 2.24) is 4.72 Å². The Kier molecular flexibility index (Phi) is 4.94. The first-order valence-corrected chi connectivity index (χ1v) is 8.54. The highest BCUT2D eigenvalue weighted by Gasteiger charge is 2.17. The molecular formula is C15H15Cl2NO2S. The number of hydrogen-bond donors (Lipinski definition) is 1. The maximum absolute atomic E-state index is 12.4. The smallest absolute Gasteiger partial charge is 0.207 e. The van der Waals surface area contributed by atoms with Crippen LogP contribution in [-0.4, -0.2) is 8.42 Å². The molecule has 0 unspecified atom stereocenters. The van der Waals surface area contributed by atoms with Crippen molar-refractivity contribution in [3.05, 3.63) is 63.1 Å². The Morgan fingerprint density at radius 3 is 2.43 bits per heavy atom. The van der Waals surface area contributed by atoms with Gasteiger partial charge in [-0.2, -0.15) is 0 Å². The van der Waals surface area contributed by atoms with Gasteiger partial charge in [0.05, 0.1) is 4.90 Å². The third-order valence-electron chi connectivity index (χ3n) is 3.10. The van der Waals surface area contributed by atoms with Crippen molar-refractivity contribution in [3.8, 4) is 0 Å². The predicted molar refractivity (Wildman–Crippen MR) is 86.4 cm³/mol. The Morgan fingerprint density at radius 1 is 1.05 bits per heavy atom. The van der Waals surface area contributed by atoms with E-state index >= 15 is 0 Å². The van der Waals surface area contributed by atoms with Gasteiger partial charge in [0.1, 0.15) is 0 Å². The summed E-state index contributed by atoms with van der Waals surface area (Å²) in [6.45, 7) is 3.68. The maximum Gasteiger partial charge on any atom is 0.241 e. The lowest BCUT2D eigenvalue weighted by Crippen LogP contribution is -2.24. The van der Waals surface area contributed by atoms with Crippen molar-refractivity contribution >= 4 is 33.2 Å². The van der Waals surface area contributed by atoms with E-state index in [1.165, 1.54) is 0 Å². The molecule has 0 radical (unpaired) electrons. The Labute approximate surface area is 135 Å². The molecule has 0 bridgehead atoms. The number of rotatable bonds is 4. The van der Waals surface area contributed by atoms with E-state index in [1.54, 1.807) is 44.2 Å². The van der Waals surface area contributed by atoms with Gasteiger partial charge in [0.15, 0.2) is 0 Å². The fraction of sp³-hybridized carbons (Fsp3) is 0.200. The van der Waals surface area contributed by atoms with Gasteiger partial charge >= 0.3 is 0 Å². The summed E-state index contributed by atoms with van der Waals surface area (Å²) in [5, 5.41) is 1.13. The molecule has 0 amide bonds. The Hall–Kier alpha value is -1.07. The van der Waals surface area contributed by atoms with E-state index in [2.05, 4.69) is 4.72 Å². The first-order valence-electron chi connectivity index (χ1n) is 6.30. The SMILES string of the molecule is Cc1cc(S(=O)(=O)NCc2cccc(Cl)c2)c(C)cc1Cl. The molecule has 0 aliphatic rings. The van der Waals surface area contributed by atoms with Crippen LogP contribution in [0.3, 0.4) is 0 Å². The summed E-state index contributed by atoms with van der Waals surface area (Å²) < 4.78 is 27.4. The Balaban J connectivity index is 2.25. The molecular weight excluding hydrogens is 329 g/mol. The number of benzene rings is 2. The van der Waals surface area contributed by atoms with Crippen LogP contribution in [0, 0.1) is 13.8 Å². The summed E-state index contributed by atoms with van der Waals surface area (Å²) >= 11 is 11.9. The molecule has 2 rings (SSSR count). The van der Waals surface area contributed by atoms with E-state index in [4.69, 9.17) is 23.2 Å². The van der Waals surface area contributed by atoms with Gasteiger partial charge in [-0.15, -0.1) is 0 Å². The molecule has 3 nitrogen and oxygen atoms in total. The van der Waals surface area contributed by atoms with Crippen LogP contribution in [0.2, 0.25) is 10.0 Å². The average Bonchev–Trinajstić information content (AvgIpc) is 2.41. The molecule has 0 atom stereocenters. The first-order chi connectivity index (χ1) is 9.79. The normalized spacial score (nSPS) is 11.6. The first kappa shape index (κ1) is 16.3. The lowest BCUT2D eigenvalue weighted by atomic mass is 10.2. The monoisotopic (exact) mass is 343 g/mol. The summed E-state index contributed by atoms with van der Waals surface area (Å²) in [7, 11) is -3.59. The van der Waals surface area contributed by atoms with Gasteiger partial charge in [-0.3, -0.25) is 0 Å². The summed E-state index contributed by atoms with van der Waals surface area (Å²) in [6, 6.07) is 10.3. The Bertz CT molecular complexity index is 773. The van der Waals surface area contributed by atoms with E-state index < -0.39 is 10.0 Å². The second kappa shape index (κ2) is 6.36. The molecule has 2 aromatic carbocycles. The van der Waals surface area contributed by atoms with Gasteiger partial charge < -0.3 is 0 Å². The van der Waals surface area contributed by atoms with Crippen LogP contribution in [0.1, 0.15) is 16.7 Å². The van der Waals surface area contributed by atoms with Crippen LogP contribution < -0.4 is 4.72 Å². The number of halogens is 2. The van der Waals surface area contributed by atoms with Crippen molar-refractivity contribution < 1.29 is 8.42 Å². The second-order valence-electron chi connectivity index (χ2n) is 4.82. The standard InChI is InChI=1S/C15H15Cl2NO2S/c1-10-7-15(11(2)6-14(10)17)21(19,20)18-9-12-4-3-5-13(16)8-12/h3-8,18H,9H2,1-2H3. The van der Waals surface area contributed by atoms with E-state index in [9.17, 15) is 8.42 Å². The van der Waals surface area contributed by atoms with Crippen molar-refractivity contribution in [1.29, 1.82) is 0 Å². The van der Waals surface area contributed by atoms with Gasteiger partial charge in [0.2, 0.25) is 10.0 Å². The lowest BCUT2D eigenvalue weighted by molar-refractivity contribution is 0.580. The van der Waals surface area contributed by atoms with Crippen LogP contribution in [0.15, 0.2) is 41.3 Å². The van der Waals surface area contributed by atoms with Gasteiger partial charge in [0, 0.05) is 16.6 Å². The van der Waals surface area contributed by atoms with E-state index in [-0.39, 0.29) is 11.4 Å². The Morgan fingerprint density at radius 2 is 1.76 bits per heavy atom.